The standard InChI is InChI=1S/C16H18F17NO4S/c17-9(18,11(21,22)13(25,26)15(29,30)31)10(19,20)12(23,24)14(27,28)16(32,33)39(37,38)34-5-1-2-8(3-6-35)4-7-36/h8,34-36H,1-7H2. The topological polar surface area (TPSA) is 86.6 Å². The minimum atomic E-state index is -8.87. The summed E-state index contributed by atoms with van der Waals surface area (Å²) in [4.78, 5) is 0. The van der Waals surface area contributed by atoms with E-state index in [0.29, 0.717) is 4.72 Å². The smallest absolute Gasteiger partial charge is 0.396 e. The van der Waals surface area contributed by atoms with Crippen molar-refractivity contribution in [3.05, 3.63) is 0 Å². The second kappa shape index (κ2) is 11.5. The summed E-state index contributed by atoms with van der Waals surface area (Å²) in [6.45, 7) is -2.40. The molecule has 0 aliphatic carbocycles. The van der Waals surface area contributed by atoms with Crippen LogP contribution >= 0.6 is 0 Å². The summed E-state index contributed by atoms with van der Waals surface area (Å²) in [5.74, 6) is -52.4. The first-order valence-electron chi connectivity index (χ1n) is 9.92. The second-order valence-electron chi connectivity index (χ2n) is 7.89. The van der Waals surface area contributed by atoms with Gasteiger partial charge in [-0.05, 0) is 31.6 Å². The molecular formula is C16H18F17NO4S. The number of hydrogen-bond donors (Lipinski definition) is 3. The molecule has 0 spiro atoms. The monoisotopic (exact) mass is 643 g/mol. The van der Waals surface area contributed by atoms with Gasteiger partial charge in [0.15, 0.2) is 0 Å². The highest BCUT2D eigenvalue weighted by Crippen LogP contribution is 2.64. The lowest BCUT2D eigenvalue weighted by atomic mass is 9.91. The van der Waals surface area contributed by atoms with Crippen molar-refractivity contribution in [2.45, 2.75) is 72.6 Å². The van der Waals surface area contributed by atoms with Gasteiger partial charge in [-0.15, -0.1) is 0 Å². The molecule has 39 heavy (non-hydrogen) atoms. The molecule has 0 bridgehead atoms. The van der Waals surface area contributed by atoms with Gasteiger partial charge in [-0.3, -0.25) is 0 Å². The minimum Gasteiger partial charge on any atom is -0.396 e. The molecule has 3 N–H and O–H groups in total. The molecule has 0 amide bonds. The number of hydrogen-bond acceptors (Lipinski definition) is 4. The van der Waals surface area contributed by atoms with Crippen molar-refractivity contribution in [3.63, 3.8) is 0 Å². The summed E-state index contributed by atoms with van der Waals surface area (Å²) in [5, 5.41) is 9.95. The van der Waals surface area contributed by atoms with Gasteiger partial charge in [-0.25, -0.2) is 13.1 Å². The molecule has 23 heteroatoms. The third-order valence-corrected chi connectivity index (χ3v) is 6.70. The normalized spacial score (nSPS) is 15.8. The van der Waals surface area contributed by atoms with E-state index in [1.165, 1.54) is 0 Å². The maximum absolute atomic E-state index is 13.9. The molecule has 5 nitrogen and oxygen atoms in total. The summed E-state index contributed by atoms with van der Waals surface area (Å²) in [5.41, 5.74) is 0. The Balaban J connectivity index is 6.32. The molecule has 0 aromatic heterocycles. The van der Waals surface area contributed by atoms with E-state index in [1.807, 2.05) is 0 Å². The molecule has 0 heterocycles. The Bertz CT molecular complexity index is 914. The average Bonchev–Trinajstić information content (AvgIpc) is 2.75. The van der Waals surface area contributed by atoms with Gasteiger partial charge in [0.2, 0.25) is 0 Å². The highest BCUT2D eigenvalue weighted by atomic mass is 32.2. The SMILES string of the molecule is O=S(=O)(NCCCC(CCO)CCO)C(F)(F)C(F)(F)C(F)(F)C(F)(F)C(F)(F)C(F)(F)C(F)(F)C(F)(F)F. The van der Waals surface area contributed by atoms with Crippen molar-refractivity contribution in [2.24, 2.45) is 5.92 Å². The Kier molecular flexibility index (Phi) is 11.1. The number of aliphatic hydroxyl groups excluding tert-OH is 2. The third kappa shape index (κ3) is 6.14. The zero-order chi connectivity index (χ0) is 31.7. The Morgan fingerprint density at radius 3 is 1.21 bits per heavy atom. The molecule has 0 saturated carbocycles. The van der Waals surface area contributed by atoms with Crippen LogP contribution in [0.3, 0.4) is 0 Å². The fourth-order valence-electron chi connectivity index (χ4n) is 2.80. The summed E-state index contributed by atoms with van der Waals surface area (Å²) >= 11 is 0. The molecule has 236 valence electrons. The maximum Gasteiger partial charge on any atom is 0.460 e. The van der Waals surface area contributed by atoms with Crippen LogP contribution in [-0.4, -0.2) is 85.4 Å². The van der Waals surface area contributed by atoms with Crippen molar-refractivity contribution in [1.29, 1.82) is 0 Å². The van der Waals surface area contributed by atoms with E-state index >= 15 is 0 Å². The van der Waals surface area contributed by atoms with Gasteiger partial charge in [0.05, 0.1) is 0 Å². The lowest BCUT2D eigenvalue weighted by Gasteiger charge is -2.42. The first-order valence-corrected chi connectivity index (χ1v) is 11.4. The van der Waals surface area contributed by atoms with Gasteiger partial charge < -0.3 is 10.2 Å². The van der Waals surface area contributed by atoms with Gasteiger partial charge in [-0.1, -0.05) is 0 Å². The fourth-order valence-corrected chi connectivity index (χ4v) is 3.86. The van der Waals surface area contributed by atoms with Gasteiger partial charge in [-0.2, -0.15) is 74.6 Å². The molecule has 0 rings (SSSR count). The minimum absolute atomic E-state index is 0.0743. The molecule has 0 aliphatic heterocycles. The Morgan fingerprint density at radius 2 is 0.872 bits per heavy atom. The number of aliphatic hydroxyl groups is 2. The highest BCUT2D eigenvalue weighted by molar-refractivity contribution is 7.90. The van der Waals surface area contributed by atoms with Crippen LogP contribution in [0.15, 0.2) is 0 Å². The quantitative estimate of drug-likeness (QED) is 0.163. The van der Waals surface area contributed by atoms with Gasteiger partial charge in [0, 0.05) is 19.8 Å². The van der Waals surface area contributed by atoms with Crippen molar-refractivity contribution >= 4 is 10.0 Å². The number of sulfonamides is 1. The Hall–Kier alpha value is -1.36. The molecular weight excluding hydrogens is 625 g/mol. The van der Waals surface area contributed by atoms with Crippen molar-refractivity contribution in [1.82, 2.24) is 4.72 Å². The first kappa shape index (κ1) is 37.6. The van der Waals surface area contributed by atoms with Gasteiger partial charge in [0.1, 0.15) is 0 Å². The van der Waals surface area contributed by atoms with Gasteiger partial charge >= 0.3 is 47.0 Å². The number of alkyl halides is 17. The van der Waals surface area contributed by atoms with E-state index < -0.39 is 89.1 Å². The van der Waals surface area contributed by atoms with Crippen LogP contribution in [-0.2, 0) is 10.0 Å². The predicted octanol–water partition coefficient (Wildman–Crippen LogP) is 5.03. The predicted molar refractivity (Wildman–Crippen MR) is 93.7 cm³/mol. The van der Waals surface area contributed by atoms with Crippen LogP contribution in [0, 0.1) is 5.92 Å². The molecule has 0 radical (unpaired) electrons. The van der Waals surface area contributed by atoms with E-state index in [2.05, 4.69) is 0 Å². The highest BCUT2D eigenvalue weighted by Gasteiger charge is 2.96. The van der Waals surface area contributed by atoms with Crippen molar-refractivity contribution < 1.29 is 93.3 Å². The van der Waals surface area contributed by atoms with E-state index in [-0.39, 0.29) is 19.3 Å². The summed E-state index contributed by atoms with van der Waals surface area (Å²) in [6.07, 6.45) is -8.95. The molecule has 0 fully saturated rings. The number of halogens is 17. The Morgan fingerprint density at radius 1 is 0.538 bits per heavy atom. The summed E-state index contributed by atoms with van der Waals surface area (Å²) < 4.78 is 248. The van der Waals surface area contributed by atoms with Crippen LogP contribution in [0.4, 0.5) is 74.6 Å². The average molecular weight is 643 g/mol. The largest absolute Gasteiger partial charge is 0.460 e. The summed E-state index contributed by atoms with van der Waals surface area (Å²) in [6, 6.07) is 0. The maximum atomic E-state index is 13.9. The van der Waals surface area contributed by atoms with Crippen LogP contribution in [0.2, 0.25) is 0 Å². The third-order valence-electron chi connectivity index (χ3n) is 5.19. The van der Waals surface area contributed by atoms with E-state index in [1.54, 1.807) is 0 Å². The summed E-state index contributed by atoms with van der Waals surface area (Å²) in [7, 11) is -7.32. The molecule has 0 saturated heterocycles. The van der Waals surface area contributed by atoms with E-state index in [9.17, 15) is 83.1 Å². The van der Waals surface area contributed by atoms with Crippen molar-refractivity contribution in [3.8, 4) is 0 Å². The zero-order valence-electron chi connectivity index (χ0n) is 18.6. The van der Waals surface area contributed by atoms with E-state index in [0.717, 1.165) is 0 Å². The lowest BCUT2D eigenvalue weighted by molar-refractivity contribution is -0.458. The van der Waals surface area contributed by atoms with Gasteiger partial charge in [0.25, 0.3) is 10.0 Å². The second-order valence-corrected chi connectivity index (χ2v) is 9.70. The van der Waals surface area contributed by atoms with Crippen molar-refractivity contribution in [2.75, 3.05) is 19.8 Å². The molecule has 0 aromatic carbocycles. The molecule has 0 aromatic rings. The van der Waals surface area contributed by atoms with Crippen LogP contribution in [0.25, 0.3) is 0 Å². The van der Waals surface area contributed by atoms with Crippen LogP contribution < -0.4 is 4.72 Å². The Labute approximate surface area is 207 Å². The lowest BCUT2D eigenvalue weighted by Crippen LogP contribution is -2.75. The number of rotatable bonds is 16. The first-order chi connectivity index (χ1) is 17.0. The molecule has 0 atom stereocenters. The fraction of sp³-hybridized carbons (Fsp3) is 1.00. The number of nitrogens with one attached hydrogen (secondary N) is 1. The molecule has 0 unspecified atom stereocenters. The van der Waals surface area contributed by atoms with Crippen LogP contribution in [0.1, 0.15) is 25.7 Å². The van der Waals surface area contributed by atoms with E-state index in [4.69, 9.17) is 10.2 Å². The molecule has 0 aliphatic rings. The van der Waals surface area contributed by atoms with Crippen LogP contribution in [0.5, 0.6) is 0 Å². The zero-order valence-corrected chi connectivity index (χ0v) is 19.4.